The number of carbonyl (C=O) groups is 1. The van der Waals surface area contributed by atoms with Crippen LogP contribution in [0, 0.1) is 11.8 Å². The number of nitrogens with one attached hydrogen (secondary N) is 2. The molecule has 0 saturated carbocycles. The predicted octanol–water partition coefficient (Wildman–Crippen LogP) is 2.05. The van der Waals surface area contributed by atoms with Crippen LogP contribution in [0.5, 0.6) is 0 Å². The maximum absolute atomic E-state index is 10.7. The van der Waals surface area contributed by atoms with Gasteiger partial charge in [0, 0.05) is 37.0 Å². The van der Waals surface area contributed by atoms with E-state index in [0.29, 0.717) is 13.0 Å². The lowest BCUT2D eigenvalue weighted by atomic mass is 10.1. The standard InChI is InChI=1S/C14H14N2O/c1-11(17)15-9-3-2-5-12-6-4-7-13-8-10-16-14(12)13/h4,6-8,10,16H,3,9H2,1H3,(H,15,17). The number of aromatic amines is 1. The summed E-state index contributed by atoms with van der Waals surface area (Å²) in [5.41, 5.74) is 2.06. The number of rotatable bonds is 2. The molecule has 0 atom stereocenters. The van der Waals surface area contributed by atoms with E-state index in [1.165, 1.54) is 12.3 Å². The van der Waals surface area contributed by atoms with Gasteiger partial charge in [-0.15, -0.1) is 0 Å². The quantitative estimate of drug-likeness (QED) is 0.597. The number of hydrogen-bond donors (Lipinski definition) is 2. The van der Waals surface area contributed by atoms with Gasteiger partial charge < -0.3 is 10.3 Å². The van der Waals surface area contributed by atoms with Gasteiger partial charge in [-0.25, -0.2) is 0 Å². The van der Waals surface area contributed by atoms with Crippen molar-refractivity contribution in [3.63, 3.8) is 0 Å². The monoisotopic (exact) mass is 226 g/mol. The number of benzene rings is 1. The second kappa shape index (κ2) is 5.22. The Morgan fingerprint density at radius 3 is 3.12 bits per heavy atom. The number of aromatic nitrogens is 1. The highest BCUT2D eigenvalue weighted by molar-refractivity contribution is 5.85. The average Bonchev–Trinajstić information content (AvgIpc) is 2.77. The molecular weight excluding hydrogens is 212 g/mol. The van der Waals surface area contributed by atoms with E-state index in [0.717, 1.165) is 11.1 Å². The summed E-state index contributed by atoms with van der Waals surface area (Å²) >= 11 is 0. The fourth-order valence-electron chi connectivity index (χ4n) is 1.65. The van der Waals surface area contributed by atoms with Gasteiger partial charge in [-0.1, -0.05) is 24.0 Å². The summed E-state index contributed by atoms with van der Waals surface area (Å²) in [5, 5.41) is 3.88. The van der Waals surface area contributed by atoms with Crippen molar-refractivity contribution in [3.8, 4) is 11.8 Å². The Hall–Kier alpha value is -2.21. The highest BCUT2D eigenvalue weighted by Crippen LogP contribution is 2.15. The van der Waals surface area contributed by atoms with Crippen LogP contribution in [0.15, 0.2) is 30.5 Å². The van der Waals surface area contributed by atoms with Crippen LogP contribution in [-0.2, 0) is 4.79 Å². The zero-order chi connectivity index (χ0) is 12.1. The first-order valence-corrected chi connectivity index (χ1v) is 5.57. The molecule has 0 bridgehead atoms. The number of fused-ring (bicyclic) bond motifs is 1. The minimum atomic E-state index is -0.0155. The van der Waals surface area contributed by atoms with E-state index >= 15 is 0 Å². The van der Waals surface area contributed by atoms with Crippen molar-refractivity contribution in [1.29, 1.82) is 0 Å². The maximum atomic E-state index is 10.7. The van der Waals surface area contributed by atoms with Gasteiger partial charge in [0.2, 0.25) is 5.91 Å². The molecule has 0 unspecified atom stereocenters. The van der Waals surface area contributed by atoms with Crippen LogP contribution in [-0.4, -0.2) is 17.4 Å². The van der Waals surface area contributed by atoms with Crippen LogP contribution >= 0.6 is 0 Å². The van der Waals surface area contributed by atoms with Crippen LogP contribution in [0.1, 0.15) is 18.9 Å². The van der Waals surface area contributed by atoms with E-state index in [1.54, 1.807) is 0 Å². The minimum Gasteiger partial charge on any atom is -0.360 e. The Bertz CT molecular complexity index is 587. The second-order valence-electron chi connectivity index (χ2n) is 3.78. The number of carbonyl (C=O) groups excluding carboxylic acids is 1. The highest BCUT2D eigenvalue weighted by atomic mass is 16.1. The van der Waals surface area contributed by atoms with Gasteiger partial charge in [0.15, 0.2) is 0 Å². The number of para-hydroxylation sites is 1. The van der Waals surface area contributed by atoms with Crippen LogP contribution < -0.4 is 5.32 Å². The predicted molar refractivity (Wildman–Crippen MR) is 68.5 cm³/mol. The van der Waals surface area contributed by atoms with Crippen molar-refractivity contribution in [3.05, 3.63) is 36.0 Å². The van der Waals surface area contributed by atoms with Crippen LogP contribution in [0.4, 0.5) is 0 Å². The third-order valence-electron chi connectivity index (χ3n) is 2.43. The molecule has 1 amide bonds. The molecule has 0 aliphatic carbocycles. The maximum Gasteiger partial charge on any atom is 0.216 e. The van der Waals surface area contributed by atoms with Gasteiger partial charge in [0.1, 0.15) is 0 Å². The van der Waals surface area contributed by atoms with Crippen molar-refractivity contribution in [2.75, 3.05) is 6.54 Å². The Morgan fingerprint density at radius 1 is 1.41 bits per heavy atom. The number of amides is 1. The molecule has 86 valence electrons. The Balaban J connectivity index is 2.05. The van der Waals surface area contributed by atoms with Gasteiger partial charge in [-0.05, 0) is 12.1 Å². The molecule has 2 N–H and O–H groups in total. The molecule has 0 spiro atoms. The summed E-state index contributed by atoms with van der Waals surface area (Å²) < 4.78 is 0. The smallest absolute Gasteiger partial charge is 0.216 e. The van der Waals surface area contributed by atoms with E-state index in [1.807, 2.05) is 30.5 Å². The lowest BCUT2D eigenvalue weighted by molar-refractivity contribution is -0.118. The second-order valence-corrected chi connectivity index (χ2v) is 3.78. The number of hydrogen-bond acceptors (Lipinski definition) is 1. The van der Waals surface area contributed by atoms with E-state index < -0.39 is 0 Å². The fourth-order valence-corrected chi connectivity index (χ4v) is 1.65. The molecule has 1 heterocycles. The molecule has 0 radical (unpaired) electrons. The van der Waals surface area contributed by atoms with E-state index in [4.69, 9.17) is 0 Å². The summed E-state index contributed by atoms with van der Waals surface area (Å²) in [6, 6.07) is 8.06. The first-order chi connectivity index (χ1) is 8.27. The molecule has 3 nitrogen and oxygen atoms in total. The van der Waals surface area contributed by atoms with Crippen molar-refractivity contribution < 1.29 is 4.79 Å². The zero-order valence-electron chi connectivity index (χ0n) is 9.71. The third-order valence-corrected chi connectivity index (χ3v) is 2.43. The summed E-state index contributed by atoms with van der Waals surface area (Å²) in [6.45, 7) is 2.11. The van der Waals surface area contributed by atoms with Crippen molar-refractivity contribution in [1.82, 2.24) is 10.3 Å². The van der Waals surface area contributed by atoms with Crippen molar-refractivity contribution in [2.24, 2.45) is 0 Å². The molecule has 0 aliphatic heterocycles. The molecule has 2 aromatic rings. The Morgan fingerprint density at radius 2 is 2.29 bits per heavy atom. The molecule has 2 rings (SSSR count). The van der Waals surface area contributed by atoms with Crippen LogP contribution in [0.25, 0.3) is 10.9 Å². The Kier molecular flexibility index (Phi) is 3.46. The van der Waals surface area contributed by atoms with Crippen molar-refractivity contribution >= 4 is 16.8 Å². The van der Waals surface area contributed by atoms with Gasteiger partial charge in [-0.3, -0.25) is 4.79 Å². The number of H-pyrrole nitrogens is 1. The van der Waals surface area contributed by atoms with Gasteiger partial charge >= 0.3 is 0 Å². The fraction of sp³-hybridized carbons (Fsp3) is 0.214. The summed E-state index contributed by atoms with van der Waals surface area (Å²) in [4.78, 5) is 13.8. The summed E-state index contributed by atoms with van der Waals surface area (Å²) in [6.07, 6.45) is 2.57. The van der Waals surface area contributed by atoms with Crippen LogP contribution in [0.3, 0.4) is 0 Å². The molecule has 0 saturated heterocycles. The molecule has 0 fully saturated rings. The Labute approximate surface area is 100 Å². The van der Waals surface area contributed by atoms with Gasteiger partial charge in [0.25, 0.3) is 0 Å². The minimum absolute atomic E-state index is 0.0155. The SMILES string of the molecule is CC(=O)NCCC#Cc1cccc2cc[nH]c12. The molecule has 0 aliphatic rings. The third kappa shape index (κ3) is 2.88. The molecule has 17 heavy (non-hydrogen) atoms. The molecule has 1 aromatic carbocycles. The lowest BCUT2D eigenvalue weighted by Crippen LogP contribution is -2.20. The topological polar surface area (TPSA) is 44.9 Å². The van der Waals surface area contributed by atoms with E-state index in [9.17, 15) is 4.79 Å². The molecule has 1 aromatic heterocycles. The summed E-state index contributed by atoms with van der Waals surface area (Å²) in [7, 11) is 0. The average molecular weight is 226 g/mol. The van der Waals surface area contributed by atoms with E-state index in [-0.39, 0.29) is 5.91 Å². The van der Waals surface area contributed by atoms with Crippen molar-refractivity contribution in [2.45, 2.75) is 13.3 Å². The van der Waals surface area contributed by atoms with E-state index in [2.05, 4.69) is 22.1 Å². The summed E-state index contributed by atoms with van der Waals surface area (Å²) in [5.74, 6) is 6.15. The van der Waals surface area contributed by atoms with Crippen LogP contribution in [0.2, 0.25) is 0 Å². The first kappa shape index (κ1) is 11.3. The zero-order valence-corrected chi connectivity index (χ0v) is 9.71. The first-order valence-electron chi connectivity index (χ1n) is 5.57. The highest BCUT2D eigenvalue weighted by Gasteiger charge is 1.97. The van der Waals surface area contributed by atoms with Gasteiger partial charge in [-0.2, -0.15) is 0 Å². The molecular formula is C14H14N2O. The largest absolute Gasteiger partial charge is 0.360 e. The lowest BCUT2D eigenvalue weighted by Gasteiger charge is -1.95. The molecule has 3 heteroatoms. The normalized spacial score (nSPS) is 9.71. The van der Waals surface area contributed by atoms with Gasteiger partial charge in [0.05, 0.1) is 5.52 Å².